The summed E-state index contributed by atoms with van der Waals surface area (Å²) >= 11 is 1.61. The molecule has 1 heterocycles. The lowest BCUT2D eigenvalue weighted by Crippen LogP contribution is -2.48. The van der Waals surface area contributed by atoms with Crippen molar-refractivity contribution in [3.05, 3.63) is 52.0 Å². The van der Waals surface area contributed by atoms with Crippen LogP contribution < -0.4 is 10.1 Å². The molecule has 1 fully saturated rings. The van der Waals surface area contributed by atoms with E-state index in [0.717, 1.165) is 54.1 Å². The van der Waals surface area contributed by atoms with Crippen molar-refractivity contribution in [2.45, 2.75) is 51.2 Å². The van der Waals surface area contributed by atoms with Crippen LogP contribution in [-0.4, -0.2) is 16.4 Å². The standard InChI is InChI=1S/C21H23N3O2S/c1-16-23-18(14-27-16)13-26-19-8-5-17(6-9-19)7-10-20(25)24-21(15-22)11-3-2-4-12-21/h5-10,14H,2-4,11-13H2,1H3,(H,24,25)/b10-7+. The van der Waals surface area contributed by atoms with Crippen LogP contribution in [0.3, 0.4) is 0 Å². The molecule has 5 nitrogen and oxygen atoms in total. The Balaban J connectivity index is 1.52. The number of nitriles is 1. The van der Waals surface area contributed by atoms with Gasteiger partial charge in [0.25, 0.3) is 0 Å². The van der Waals surface area contributed by atoms with Crippen molar-refractivity contribution in [3.8, 4) is 11.8 Å². The molecule has 0 saturated heterocycles. The van der Waals surface area contributed by atoms with E-state index in [1.54, 1.807) is 17.4 Å². The second kappa shape index (κ2) is 8.83. The Morgan fingerprint density at radius 3 is 2.70 bits per heavy atom. The SMILES string of the molecule is Cc1nc(COc2ccc(/C=C/C(=O)NC3(C#N)CCCCC3)cc2)cs1. The fraction of sp³-hybridized carbons (Fsp3) is 0.381. The lowest BCUT2D eigenvalue weighted by atomic mass is 9.83. The minimum atomic E-state index is -0.703. The quantitative estimate of drug-likeness (QED) is 0.753. The Labute approximate surface area is 163 Å². The predicted molar refractivity (Wildman–Crippen MR) is 106 cm³/mol. The normalized spacial score (nSPS) is 16.0. The highest BCUT2D eigenvalue weighted by atomic mass is 32.1. The van der Waals surface area contributed by atoms with E-state index < -0.39 is 5.54 Å². The number of hydrogen-bond acceptors (Lipinski definition) is 5. The Bertz CT molecular complexity index is 843. The Morgan fingerprint density at radius 2 is 2.07 bits per heavy atom. The van der Waals surface area contributed by atoms with Crippen LogP contribution in [0.5, 0.6) is 5.75 Å². The Morgan fingerprint density at radius 1 is 1.33 bits per heavy atom. The summed E-state index contributed by atoms with van der Waals surface area (Å²) in [5, 5.41) is 15.3. The zero-order chi connectivity index (χ0) is 19.1. The number of amides is 1. The molecular weight excluding hydrogens is 358 g/mol. The van der Waals surface area contributed by atoms with Crippen LogP contribution >= 0.6 is 11.3 Å². The van der Waals surface area contributed by atoms with Crippen molar-refractivity contribution in [3.63, 3.8) is 0 Å². The molecule has 0 spiro atoms. The van der Waals surface area contributed by atoms with Gasteiger partial charge in [-0.1, -0.05) is 31.4 Å². The highest BCUT2D eigenvalue weighted by Gasteiger charge is 2.32. The lowest BCUT2D eigenvalue weighted by Gasteiger charge is -2.31. The van der Waals surface area contributed by atoms with Gasteiger partial charge in [-0.15, -0.1) is 11.3 Å². The summed E-state index contributed by atoms with van der Waals surface area (Å²) < 4.78 is 5.72. The van der Waals surface area contributed by atoms with Crippen LogP contribution in [-0.2, 0) is 11.4 Å². The van der Waals surface area contributed by atoms with Gasteiger partial charge in [0.2, 0.25) is 5.91 Å². The number of rotatable bonds is 6. The minimum Gasteiger partial charge on any atom is -0.487 e. The first-order valence-electron chi connectivity index (χ1n) is 9.14. The molecule has 140 valence electrons. The monoisotopic (exact) mass is 381 g/mol. The summed E-state index contributed by atoms with van der Waals surface area (Å²) in [7, 11) is 0. The number of aryl methyl sites for hydroxylation is 1. The van der Waals surface area contributed by atoms with Gasteiger partial charge in [-0.05, 0) is 43.5 Å². The van der Waals surface area contributed by atoms with E-state index in [1.807, 2.05) is 36.6 Å². The van der Waals surface area contributed by atoms with E-state index in [9.17, 15) is 10.1 Å². The van der Waals surface area contributed by atoms with Gasteiger partial charge in [-0.25, -0.2) is 4.98 Å². The van der Waals surface area contributed by atoms with Gasteiger partial charge in [0.1, 0.15) is 17.9 Å². The molecule has 1 aliphatic rings. The molecular formula is C21H23N3O2S. The lowest BCUT2D eigenvalue weighted by molar-refractivity contribution is -0.118. The first-order chi connectivity index (χ1) is 13.1. The Kier molecular flexibility index (Phi) is 6.25. The zero-order valence-electron chi connectivity index (χ0n) is 15.4. The fourth-order valence-corrected chi connectivity index (χ4v) is 3.77. The molecule has 0 radical (unpaired) electrons. The third kappa shape index (κ3) is 5.41. The maximum absolute atomic E-state index is 12.2. The number of nitrogens with zero attached hydrogens (tertiary/aromatic N) is 2. The average molecular weight is 382 g/mol. The molecule has 1 amide bonds. The first-order valence-corrected chi connectivity index (χ1v) is 10.0. The van der Waals surface area contributed by atoms with Crippen molar-refractivity contribution in [2.24, 2.45) is 0 Å². The smallest absolute Gasteiger partial charge is 0.245 e. The molecule has 0 unspecified atom stereocenters. The van der Waals surface area contributed by atoms with Gasteiger partial charge in [-0.2, -0.15) is 5.26 Å². The molecule has 1 aromatic carbocycles. The molecule has 1 N–H and O–H groups in total. The summed E-state index contributed by atoms with van der Waals surface area (Å²) in [6.45, 7) is 2.41. The van der Waals surface area contributed by atoms with Crippen molar-refractivity contribution in [1.82, 2.24) is 10.3 Å². The van der Waals surface area contributed by atoms with E-state index in [4.69, 9.17) is 4.74 Å². The van der Waals surface area contributed by atoms with Crippen LogP contribution in [0.4, 0.5) is 0 Å². The summed E-state index contributed by atoms with van der Waals surface area (Å²) in [4.78, 5) is 16.6. The number of benzene rings is 1. The second-order valence-electron chi connectivity index (χ2n) is 6.79. The van der Waals surface area contributed by atoms with E-state index in [-0.39, 0.29) is 5.91 Å². The molecule has 27 heavy (non-hydrogen) atoms. The number of thiazole rings is 1. The number of hydrogen-bond donors (Lipinski definition) is 1. The maximum Gasteiger partial charge on any atom is 0.245 e. The molecule has 0 aliphatic heterocycles. The third-order valence-electron chi connectivity index (χ3n) is 4.64. The van der Waals surface area contributed by atoms with Gasteiger partial charge in [0.05, 0.1) is 16.8 Å². The first kappa shape index (κ1) is 19.1. The van der Waals surface area contributed by atoms with Crippen LogP contribution in [0, 0.1) is 18.3 Å². The summed E-state index contributed by atoms with van der Waals surface area (Å²) in [6, 6.07) is 9.83. The highest BCUT2D eigenvalue weighted by molar-refractivity contribution is 7.09. The number of nitrogens with one attached hydrogen (secondary N) is 1. The van der Waals surface area contributed by atoms with Crippen LogP contribution in [0.1, 0.15) is 48.4 Å². The molecule has 1 saturated carbocycles. The molecule has 3 rings (SSSR count). The van der Waals surface area contributed by atoms with E-state index >= 15 is 0 Å². The number of aromatic nitrogens is 1. The Hall–Kier alpha value is -2.65. The molecule has 1 aliphatic carbocycles. The number of carbonyl (C=O) groups is 1. The van der Waals surface area contributed by atoms with E-state index in [2.05, 4.69) is 16.4 Å². The third-order valence-corrected chi connectivity index (χ3v) is 5.47. The number of carbonyl (C=O) groups excluding carboxylic acids is 1. The fourth-order valence-electron chi connectivity index (χ4n) is 3.18. The van der Waals surface area contributed by atoms with Crippen LogP contribution in [0.25, 0.3) is 6.08 Å². The van der Waals surface area contributed by atoms with E-state index in [1.165, 1.54) is 6.08 Å². The summed E-state index contributed by atoms with van der Waals surface area (Å²) in [5.74, 6) is 0.533. The molecule has 6 heteroatoms. The van der Waals surface area contributed by atoms with E-state index in [0.29, 0.717) is 6.61 Å². The van der Waals surface area contributed by atoms with Crippen molar-refractivity contribution in [2.75, 3.05) is 0 Å². The van der Waals surface area contributed by atoms with Gasteiger partial charge in [0.15, 0.2) is 0 Å². The maximum atomic E-state index is 12.2. The summed E-state index contributed by atoms with van der Waals surface area (Å²) in [6.07, 6.45) is 7.80. The summed E-state index contributed by atoms with van der Waals surface area (Å²) in [5.41, 5.74) is 1.12. The predicted octanol–water partition coefficient (Wildman–Crippen LogP) is 4.39. The average Bonchev–Trinajstić information content (AvgIpc) is 3.11. The topological polar surface area (TPSA) is 75.0 Å². The van der Waals surface area contributed by atoms with Crippen molar-refractivity contribution in [1.29, 1.82) is 5.26 Å². The largest absolute Gasteiger partial charge is 0.487 e. The van der Waals surface area contributed by atoms with Gasteiger partial charge < -0.3 is 10.1 Å². The van der Waals surface area contributed by atoms with Crippen molar-refractivity contribution < 1.29 is 9.53 Å². The van der Waals surface area contributed by atoms with Crippen LogP contribution in [0.15, 0.2) is 35.7 Å². The van der Waals surface area contributed by atoms with Gasteiger partial charge >= 0.3 is 0 Å². The van der Waals surface area contributed by atoms with Crippen LogP contribution in [0.2, 0.25) is 0 Å². The van der Waals surface area contributed by atoms with Crippen molar-refractivity contribution >= 4 is 23.3 Å². The molecule has 1 aromatic heterocycles. The zero-order valence-corrected chi connectivity index (χ0v) is 16.2. The molecule has 0 bridgehead atoms. The highest BCUT2D eigenvalue weighted by Crippen LogP contribution is 2.27. The molecule has 0 atom stereocenters. The minimum absolute atomic E-state index is 0.224. The second-order valence-corrected chi connectivity index (χ2v) is 7.85. The van der Waals surface area contributed by atoms with Gasteiger partial charge in [0, 0.05) is 11.5 Å². The van der Waals surface area contributed by atoms with Gasteiger partial charge in [-0.3, -0.25) is 4.79 Å². The number of ether oxygens (including phenoxy) is 1. The molecule has 2 aromatic rings.